The van der Waals surface area contributed by atoms with Gasteiger partial charge in [0.05, 0.1) is 0 Å². The summed E-state index contributed by atoms with van der Waals surface area (Å²) in [7, 11) is 0. The summed E-state index contributed by atoms with van der Waals surface area (Å²) in [6, 6.07) is 0. The molecule has 0 aliphatic carbocycles. The highest BCUT2D eigenvalue weighted by atomic mass is 16.5. The third-order valence-electron chi connectivity index (χ3n) is 2.80. The molecule has 0 bridgehead atoms. The van der Waals surface area contributed by atoms with Crippen LogP contribution < -0.4 is 5.73 Å². The molecule has 0 aliphatic heterocycles. The van der Waals surface area contributed by atoms with Crippen molar-refractivity contribution >= 4 is 0 Å². The average molecular weight is 226 g/mol. The molecule has 5 nitrogen and oxygen atoms in total. The van der Waals surface area contributed by atoms with E-state index in [1.54, 1.807) is 0 Å². The summed E-state index contributed by atoms with van der Waals surface area (Å²) < 4.78 is 5.16. The van der Waals surface area contributed by atoms with Gasteiger partial charge in [-0.3, -0.25) is 0 Å². The van der Waals surface area contributed by atoms with Crippen LogP contribution in [-0.2, 0) is 6.42 Å². The quantitative estimate of drug-likeness (QED) is 0.751. The van der Waals surface area contributed by atoms with Crippen molar-refractivity contribution in [3.8, 4) is 0 Å². The predicted octanol–water partition coefficient (Wildman–Crippen LogP) is 1.02. The van der Waals surface area contributed by atoms with Crippen LogP contribution in [0.5, 0.6) is 0 Å². The number of nitrogens with two attached hydrogens (primary N) is 1. The van der Waals surface area contributed by atoms with E-state index in [2.05, 4.69) is 28.9 Å². The fourth-order valence-electron chi connectivity index (χ4n) is 1.47. The Morgan fingerprint density at radius 2 is 2.06 bits per heavy atom. The van der Waals surface area contributed by atoms with Crippen LogP contribution in [0.4, 0.5) is 0 Å². The van der Waals surface area contributed by atoms with E-state index >= 15 is 0 Å². The Hall–Kier alpha value is -0.940. The summed E-state index contributed by atoms with van der Waals surface area (Å²) in [6.45, 7) is 9.92. The van der Waals surface area contributed by atoms with Crippen LogP contribution in [0.2, 0.25) is 0 Å². The maximum Gasteiger partial charge on any atom is 0.230 e. The van der Waals surface area contributed by atoms with Crippen molar-refractivity contribution in [2.45, 2.75) is 33.1 Å². The monoisotopic (exact) mass is 226 g/mol. The Morgan fingerprint density at radius 3 is 2.62 bits per heavy atom. The van der Waals surface area contributed by atoms with Gasteiger partial charge in [-0.1, -0.05) is 25.9 Å². The van der Waals surface area contributed by atoms with E-state index in [4.69, 9.17) is 10.3 Å². The number of likely N-dealkylation sites (N-methyl/N-ethyl adjacent to an activating group) is 1. The van der Waals surface area contributed by atoms with Gasteiger partial charge >= 0.3 is 0 Å². The van der Waals surface area contributed by atoms with E-state index in [0.717, 1.165) is 31.9 Å². The van der Waals surface area contributed by atoms with Gasteiger partial charge in [-0.2, -0.15) is 4.98 Å². The van der Waals surface area contributed by atoms with Crippen molar-refractivity contribution in [1.82, 2.24) is 15.0 Å². The summed E-state index contributed by atoms with van der Waals surface area (Å²) in [6.07, 6.45) is 0.836. The van der Waals surface area contributed by atoms with E-state index in [1.165, 1.54) is 0 Å². The summed E-state index contributed by atoms with van der Waals surface area (Å²) in [5, 5.41) is 3.96. The highest BCUT2D eigenvalue weighted by molar-refractivity contribution is 4.93. The lowest BCUT2D eigenvalue weighted by Gasteiger charge is -2.16. The van der Waals surface area contributed by atoms with Gasteiger partial charge in [-0.15, -0.1) is 0 Å². The van der Waals surface area contributed by atoms with Crippen LogP contribution in [0.1, 0.15) is 38.4 Å². The van der Waals surface area contributed by atoms with Crippen molar-refractivity contribution in [2.75, 3.05) is 26.2 Å². The van der Waals surface area contributed by atoms with Crippen molar-refractivity contribution in [3.05, 3.63) is 11.7 Å². The first-order chi connectivity index (χ1) is 7.71. The molecule has 5 heteroatoms. The molecule has 1 unspecified atom stereocenters. The molecule has 0 spiro atoms. The molecule has 16 heavy (non-hydrogen) atoms. The predicted molar refractivity (Wildman–Crippen MR) is 63.3 cm³/mol. The lowest BCUT2D eigenvalue weighted by atomic mass is 10.2. The van der Waals surface area contributed by atoms with Crippen LogP contribution in [0, 0.1) is 0 Å². The molecule has 0 aromatic carbocycles. The maximum atomic E-state index is 5.54. The molecule has 1 heterocycles. The molecule has 1 atom stereocenters. The Morgan fingerprint density at radius 1 is 1.38 bits per heavy atom. The van der Waals surface area contributed by atoms with Crippen molar-refractivity contribution in [1.29, 1.82) is 0 Å². The zero-order valence-corrected chi connectivity index (χ0v) is 10.4. The zero-order valence-electron chi connectivity index (χ0n) is 10.4. The normalized spacial score (nSPS) is 13.3. The minimum atomic E-state index is 0.148. The number of hydrogen-bond donors (Lipinski definition) is 1. The molecule has 0 radical (unpaired) electrons. The summed E-state index contributed by atoms with van der Waals surface area (Å²) in [5.41, 5.74) is 5.54. The fourth-order valence-corrected chi connectivity index (χ4v) is 1.47. The fraction of sp³-hybridized carbons (Fsp3) is 0.818. The topological polar surface area (TPSA) is 68.2 Å². The minimum absolute atomic E-state index is 0.148. The average Bonchev–Trinajstić information content (AvgIpc) is 2.78. The Bertz CT molecular complexity index is 296. The summed E-state index contributed by atoms with van der Waals surface area (Å²) >= 11 is 0. The molecule has 1 rings (SSSR count). The van der Waals surface area contributed by atoms with Gasteiger partial charge in [-0.25, -0.2) is 0 Å². The lowest BCUT2D eigenvalue weighted by molar-refractivity contribution is 0.302. The van der Waals surface area contributed by atoms with Crippen LogP contribution in [0.3, 0.4) is 0 Å². The molecule has 0 amide bonds. The van der Waals surface area contributed by atoms with Gasteiger partial charge in [0.25, 0.3) is 0 Å². The zero-order chi connectivity index (χ0) is 12.0. The molecule has 1 aromatic heterocycles. The number of hydrogen-bond acceptors (Lipinski definition) is 5. The molecule has 0 saturated heterocycles. The van der Waals surface area contributed by atoms with E-state index in [9.17, 15) is 0 Å². The summed E-state index contributed by atoms with van der Waals surface area (Å²) in [4.78, 5) is 6.67. The van der Waals surface area contributed by atoms with Crippen LogP contribution in [-0.4, -0.2) is 41.2 Å². The maximum absolute atomic E-state index is 5.54. The molecule has 0 saturated carbocycles. The van der Waals surface area contributed by atoms with Crippen molar-refractivity contribution in [2.24, 2.45) is 5.73 Å². The van der Waals surface area contributed by atoms with Crippen LogP contribution in [0.25, 0.3) is 0 Å². The number of aromatic nitrogens is 2. The molecule has 2 N–H and O–H groups in total. The highest BCUT2D eigenvalue weighted by Gasteiger charge is 2.12. The largest absolute Gasteiger partial charge is 0.339 e. The second-order valence-corrected chi connectivity index (χ2v) is 3.96. The molecule has 92 valence electrons. The van der Waals surface area contributed by atoms with Gasteiger partial charge in [0.2, 0.25) is 5.89 Å². The van der Waals surface area contributed by atoms with Crippen molar-refractivity contribution in [3.63, 3.8) is 0 Å². The highest BCUT2D eigenvalue weighted by Crippen LogP contribution is 2.10. The SMILES string of the molecule is CCN(CC)CCc1noc(C(C)CN)n1. The summed E-state index contributed by atoms with van der Waals surface area (Å²) in [5.74, 6) is 1.58. The third kappa shape index (κ3) is 3.57. The lowest BCUT2D eigenvalue weighted by Crippen LogP contribution is -2.25. The number of nitrogens with zero attached hydrogens (tertiary/aromatic N) is 3. The molecular weight excluding hydrogens is 204 g/mol. The van der Waals surface area contributed by atoms with Crippen molar-refractivity contribution < 1.29 is 4.52 Å². The van der Waals surface area contributed by atoms with E-state index < -0.39 is 0 Å². The molecule has 1 aromatic rings. The first-order valence-electron chi connectivity index (χ1n) is 5.96. The first-order valence-corrected chi connectivity index (χ1v) is 5.96. The van der Waals surface area contributed by atoms with E-state index in [-0.39, 0.29) is 5.92 Å². The van der Waals surface area contributed by atoms with Gasteiger partial charge in [0.1, 0.15) is 0 Å². The Balaban J connectivity index is 2.46. The van der Waals surface area contributed by atoms with Gasteiger partial charge in [0.15, 0.2) is 5.82 Å². The third-order valence-corrected chi connectivity index (χ3v) is 2.80. The Labute approximate surface area is 97.0 Å². The molecular formula is C11H22N4O. The second-order valence-electron chi connectivity index (χ2n) is 3.96. The smallest absolute Gasteiger partial charge is 0.230 e. The van der Waals surface area contributed by atoms with Gasteiger partial charge in [0, 0.05) is 25.4 Å². The second kappa shape index (κ2) is 6.60. The first kappa shape index (κ1) is 13.1. The Kier molecular flexibility index (Phi) is 5.42. The molecule has 0 fully saturated rings. The van der Waals surface area contributed by atoms with Crippen LogP contribution >= 0.6 is 0 Å². The number of rotatable bonds is 7. The van der Waals surface area contributed by atoms with Gasteiger partial charge in [-0.05, 0) is 13.1 Å². The molecule has 0 aliphatic rings. The van der Waals surface area contributed by atoms with E-state index in [0.29, 0.717) is 12.4 Å². The van der Waals surface area contributed by atoms with Gasteiger partial charge < -0.3 is 15.2 Å². The van der Waals surface area contributed by atoms with Crippen LogP contribution in [0.15, 0.2) is 4.52 Å². The van der Waals surface area contributed by atoms with E-state index in [1.807, 2.05) is 6.92 Å². The standard InChI is InChI=1S/C11H22N4O/c1-4-15(5-2)7-6-10-13-11(16-14-10)9(3)8-12/h9H,4-8,12H2,1-3H3. The minimum Gasteiger partial charge on any atom is -0.339 e.